The summed E-state index contributed by atoms with van der Waals surface area (Å²) in [5, 5.41) is 13.3. The Bertz CT molecular complexity index is 984. The van der Waals surface area contributed by atoms with E-state index < -0.39 is 16.4 Å². The number of anilines is 1. The molecule has 0 aliphatic carbocycles. The van der Waals surface area contributed by atoms with Gasteiger partial charge in [0.15, 0.2) is 5.82 Å². The van der Waals surface area contributed by atoms with Crippen molar-refractivity contribution in [3.8, 4) is 0 Å². The molecule has 1 amide bonds. The van der Waals surface area contributed by atoms with Crippen LogP contribution in [0.2, 0.25) is 5.02 Å². The molecule has 9 heteroatoms. The predicted molar refractivity (Wildman–Crippen MR) is 151 cm³/mol. The number of carbonyl (C=O) groups is 1. The standard InChI is InChI=1S/C16H25ClOS.C12H17N3O3/c1-5-6-7-12(2)10-13(3)14-8-9-16(19(4)18)15(17)11-14;16-9-15-11-8-13-10(7-14-11)1-2-12(17)3-5-18-6-4-12/h8-9,11-13H,5-7,10H2,1-4H3;7-9,17H,1-6H2,(H,14,15,16). The minimum Gasteiger partial charge on any atom is -0.390 e. The van der Waals surface area contributed by atoms with E-state index in [2.05, 4.69) is 42.1 Å². The molecule has 1 aliphatic rings. The summed E-state index contributed by atoms with van der Waals surface area (Å²) >= 11 is 6.20. The van der Waals surface area contributed by atoms with E-state index in [-0.39, 0.29) is 0 Å². The van der Waals surface area contributed by atoms with Crippen LogP contribution >= 0.6 is 11.6 Å². The smallest absolute Gasteiger partial charge is 0.212 e. The Balaban J connectivity index is 0.000000260. The number of aromatic nitrogens is 2. The Labute approximate surface area is 229 Å². The Morgan fingerprint density at radius 3 is 2.54 bits per heavy atom. The zero-order valence-corrected chi connectivity index (χ0v) is 24.1. The van der Waals surface area contributed by atoms with Crippen molar-refractivity contribution >= 4 is 34.6 Å². The Hall–Kier alpha value is -1.87. The monoisotopic (exact) mass is 551 g/mol. The molecule has 3 unspecified atom stereocenters. The van der Waals surface area contributed by atoms with Crippen LogP contribution in [0.15, 0.2) is 35.5 Å². The normalized spacial score (nSPS) is 17.1. The Kier molecular flexibility index (Phi) is 13.7. The molecule has 3 atom stereocenters. The molecule has 2 N–H and O–H groups in total. The summed E-state index contributed by atoms with van der Waals surface area (Å²) in [5.74, 6) is 1.68. The third-order valence-corrected chi connectivity index (χ3v) is 8.22. The van der Waals surface area contributed by atoms with Gasteiger partial charge in [-0.05, 0) is 61.6 Å². The molecule has 7 nitrogen and oxygen atoms in total. The molecule has 0 radical (unpaired) electrons. The molecule has 1 aromatic carbocycles. The maximum absolute atomic E-state index is 11.5. The van der Waals surface area contributed by atoms with Crippen molar-refractivity contribution in [2.75, 3.05) is 24.8 Å². The summed E-state index contributed by atoms with van der Waals surface area (Å²) < 4.78 is 16.7. The van der Waals surface area contributed by atoms with Crippen LogP contribution in [0.4, 0.5) is 5.82 Å². The maximum Gasteiger partial charge on any atom is 0.212 e. The Morgan fingerprint density at radius 1 is 1.24 bits per heavy atom. The summed E-state index contributed by atoms with van der Waals surface area (Å²) in [6.45, 7) is 8.04. The molecule has 0 saturated carbocycles. The highest BCUT2D eigenvalue weighted by atomic mass is 35.5. The van der Waals surface area contributed by atoms with Gasteiger partial charge in [0.05, 0.1) is 44.4 Å². The summed E-state index contributed by atoms with van der Waals surface area (Å²) in [6.07, 6.45) is 13.1. The SMILES string of the molecule is CCCCC(C)CC(C)c1ccc(S(C)=O)c(Cl)c1.O=CNc1cnc(CCC2(O)CCOCC2)cn1. The van der Waals surface area contributed by atoms with Crippen molar-refractivity contribution in [2.45, 2.75) is 88.6 Å². The third-order valence-electron chi connectivity index (χ3n) is 6.82. The fourth-order valence-corrected chi connectivity index (χ4v) is 5.56. The number of nitrogens with zero attached hydrogens (tertiary/aromatic N) is 2. The fourth-order valence-electron chi connectivity index (χ4n) is 4.45. The first-order valence-corrected chi connectivity index (χ1v) is 15.0. The second-order valence-corrected chi connectivity index (χ2v) is 11.8. The average Bonchev–Trinajstić information content (AvgIpc) is 2.88. The number of benzene rings is 1. The second kappa shape index (κ2) is 16.2. The lowest BCUT2D eigenvalue weighted by molar-refractivity contribution is -0.105. The molecule has 3 rings (SSSR count). The molecule has 2 heterocycles. The van der Waals surface area contributed by atoms with Crippen molar-refractivity contribution in [2.24, 2.45) is 5.92 Å². The lowest BCUT2D eigenvalue weighted by Crippen LogP contribution is -2.36. The number of halogens is 1. The summed E-state index contributed by atoms with van der Waals surface area (Å²) in [7, 11) is -1.01. The topological polar surface area (TPSA) is 101 Å². The van der Waals surface area contributed by atoms with Crippen molar-refractivity contribution in [3.63, 3.8) is 0 Å². The van der Waals surface area contributed by atoms with Gasteiger partial charge in [-0.15, -0.1) is 0 Å². The summed E-state index contributed by atoms with van der Waals surface area (Å²) in [6, 6.07) is 5.95. The van der Waals surface area contributed by atoms with Crippen molar-refractivity contribution in [1.82, 2.24) is 9.97 Å². The number of aliphatic hydroxyl groups is 1. The number of aryl methyl sites for hydroxylation is 1. The highest BCUT2D eigenvalue weighted by Gasteiger charge is 2.29. The summed E-state index contributed by atoms with van der Waals surface area (Å²) in [5.41, 5.74) is 1.42. The zero-order valence-electron chi connectivity index (χ0n) is 22.5. The molecule has 0 spiro atoms. The van der Waals surface area contributed by atoms with Gasteiger partial charge < -0.3 is 15.2 Å². The van der Waals surface area contributed by atoms with Gasteiger partial charge in [0.1, 0.15) is 0 Å². The van der Waals surface area contributed by atoms with Gasteiger partial charge in [0, 0.05) is 19.5 Å². The number of hydrogen-bond acceptors (Lipinski definition) is 6. The van der Waals surface area contributed by atoms with Crippen LogP contribution in [-0.4, -0.2) is 50.8 Å². The van der Waals surface area contributed by atoms with Crippen LogP contribution in [0.1, 0.15) is 82.9 Å². The van der Waals surface area contributed by atoms with Gasteiger partial charge in [-0.2, -0.15) is 0 Å². The number of rotatable bonds is 12. The van der Waals surface area contributed by atoms with E-state index in [0.29, 0.717) is 62.1 Å². The molecule has 1 fully saturated rings. The van der Waals surface area contributed by atoms with Crippen molar-refractivity contribution in [1.29, 1.82) is 0 Å². The van der Waals surface area contributed by atoms with Gasteiger partial charge in [0.2, 0.25) is 6.41 Å². The van der Waals surface area contributed by atoms with Gasteiger partial charge in [-0.3, -0.25) is 14.0 Å². The van der Waals surface area contributed by atoms with Crippen LogP contribution in [0.5, 0.6) is 0 Å². The number of nitrogens with one attached hydrogen (secondary N) is 1. The van der Waals surface area contributed by atoms with Gasteiger partial charge >= 0.3 is 0 Å². The van der Waals surface area contributed by atoms with Crippen LogP contribution in [0.3, 0.4) is 0 Å². The maximum atomic E-state index is 11.5. The second-order valence-electron chi connectivity index (χ2n) is 10.0. The third kappa shape index (κ3) is 11.2. The molecule has 2 aromatic rings. The van der Waals surface area contributed by atoms with Crippen LogP contribution in [-0.2, 0) is 26.8 Å². The highest BCUT2D eigenvalue weighted by molar-refractivity contribution is 7.84. The van der Waals surface area contributed by atoms with Gasteiger partial charge in [0.25, 0.3) is 0 Å². The first-order valence-electron chi connectivity index (χ1n) is 13.1. The predicted octanol–water partition coefficient (Wildman–Crippen LogP) is 5.92. The van der Waals surface area contributed by atoms with Crippen LogP contribution < -0.4 is 5.32 Å². The van der Waals surface area contributed by atoms with E-state index in [4.69, 9.17) is 16.3 Å². The highest BCUT2D eigenvalue weighted by Crippen LogP contribution is 2.30. The van der Waals surface area contributed by atoms with E-state index in [9.17, 15) is 14.1 Å². The van der Waals surface area contributed by atoms with Crippen LogP contribution in [0.25, 0.3) is 0 Å². The fraction of sp³-hybridized carbons (Fsp3) is 0.607. The molecule has 206 valence electrons. The molecule has 1 aliphatic heterocycles. The zero-order chi connectivity index (χ0) is 27.3. The first kappa shape index (κ1) is 31.3. The first-order chi connectivity index (χ1) is 17.7. The lowest BCUT2D eigenvalue weighted by atomic mass is 9.88. The van der Waals surface area contributed by atoms with Crippen molar-refractivity contribution < 1.29 is 18.8 Å². The minimum absolute atomic E-state index is 0.429. The van der Waals surface area contributed by atoms with E-state index in [1.807, 2.05) is 12.1 Å². The number of carbonyl (C=O) groups excluding carboxylic acids is 1. The largest absolute Gasteiger partial charge is 0.390 e. The van der Waals surface area contributed by atoms with E-state index in [1.165, 1.54) is 37.4 Å². The Morgan fingerprint density at radius 2 is 1.97 bits per heavy atom. The molecular weight excluding hydrogens is 510 g/mol. The number of unbranched alkanes of at least 4 members (excludes halogenated alkanes) is 1. The number of amides is 1. The molecule has 1 aromatic heterocycles. The number of ether oxygens (including phenoxy) is 1. The van der Waals surface area contributed by atoms with Gasteiger partial charge in [-0.25, -0.2) is 4.98 Å². The molecule has 37 heavy (non-hydrogen) atoms. The van der Waals surface area contributed by atoms with E-state index in [1.54, 1.807) is 12.5 Å². The molecule has 0 bridgehead atoms. The lowest BCUT2D eigenvalue weighted by Gasteiger charge is -2.31. The minimum atomic E-state index is -1.01. The van der Waals surface area contributed by atoms with Crippen molar-refractivity contribution in [3.05, 3.63) is 46.9 Å². The van der Waals surface area contributed by atoms with Crippen LogP contribution in [0, 0.1) is 5.92 Å². The molecular formula is C28H42ClN3O4S. The number of hydrogen-bond donors (Lipinski definition) is 2. The summed E-state index contributed by atoms with van der Waals surface area (Å²) in [4.78, 5) is 19.2. The average molecular weight is 552 g/mol. The quantitative estimate of drug-likeness (QED) is 0.318. The van der Waals surface area contributed by atoms with Gasteiger partial charge in [-0.1, -0.05) is 57.7 Å². The molecule has 1 saturated heterocycles. The van der Waals surface area contributed by atoms with E-state index in [0.717, 1.165) is 16.5 Å². The van der Waals surface area contributed by atoms with E-state index >= 15 is 0 Å².